The first kappa shape index (κ1) is 17.4. The fraction of sp³-hybridized carbons (Fsp3) is 0.450. The van der Waals surface area contributed by atoms with Crippen LogP contribution in [-0.2, 0) is 4.79 Å². The summed E-state index contributed by atoms with van der Waals surface area (Å²) in [7, 11) is 0. The average molecular weight is 339 g/mol. The van der Waals surface area contributed by atoms with Crippen LogP contribution < -0.4 is 5.32 Å². The van der Waals surface area contributed by atoms with Crippen molar-refractivity contribution in [3.05, 3.63) is 47.3 Å². The van der Waals surface area contributed by atoms with Gasteiger partial charge in [-0.05, 0) is 44.7 Å². The molecule has 0 saturated heterocycles. The molecule has 132 valence electrons. The molecule has 1 saturated carbocycles. The number of benzene rings is 1. The van der Waals surface area contributed by atoms with E-state index >= 15 is 0 Å². The Labute approximate surface area is 148 Å². The highest BCUT2D eigenvalue weighted by Gasteiger charge is 2.28. The molecule has 0 unspecified atom stereocenters. The first-order valence-electron chi connectivity index (χ1n) is 8.94. The molecule has 1 aliphatic rings. The molecule has 25 heavy (non-hydrogen) atoms. The second-order valence-corrected chi connectivity index (χ2v) is 7.06. The van der Waals surface area contributed by atoms with Gasteiger partial charge in [-0.1, -0.05) is 38.0 Å². The van der Waals surface area contributed by atoms with E-state index in [2.05, 4.69) is 17.3 Å². The molecular weight excluding hydrogens is 314 g/mol. The Balaban J connectivity index is 1.80. The summed E-state index contributed by atoms with van der Waals surface area (Å²) in [6.45, 7) is 5.80. The molecule has 1 aromatic carbocycles. The van der Waals surface area contributed by atoms with E-state index in [1.54, 1.807) is 11.6 Å². The molecule has 3 rings (SSSR count). The van der Waals surface area contributed by atoms with Gasteiger partial charge in [0, 0.05) is 6.04 Å². The predicted octanol–water partition coefficient (Wildman–Crippen LogP) is 3.37. The molecular formula is C20H25N3O2. The molecule has 1 fully saturated rings. The first-order chi connectivity index (χ1) is 12.0. The number of amides is 1. The lowest BCUT2D eigenvalue weighted by Crippen LogP contribution is -2.41. The minimum atomic E-state index is -0.516. The van der Waals surface area contributed by atoms with Crippen LogP contribution in [0.5, 0.6) is 0 Å². The first-order valence-corrected chi connectivity index (χ1v) is 8.94. The Morgan fingerprint density at radius 2 is 1.88 bits per heavy atom. The van der Waals surface area contributed by atoms with Crippen molar-refractivity contribution in [1.29, 1.82) is 0 Å². The van der Waals surface area contributed by atoms with Crippen LogP contribution in [0.1, 0.15) is 54.4 Å². The second kappa shape index (κ2) is 7.21. The summed E-state index contributed by atoms with van der Waals surface area (Å²) in [5.41, 5.74) is 2.56. The van der Waals surface area contributed by atoms with Crippen LogP contribution in [-0.4, -0.2) is 27.5 Å². The summed E-state index contributed by atoms with van der Waals surface area (Å²) in [5.74, 6) is -0.410. The minimum Gasteiger partial charge on any atom is -0.346 e. The minimum absolute atomic E-state index is 0.102. The summed E-state index contributed by atoms with van der Waals surface area (Å²) in [6.07, 6.45) is 4.19. The summed E-state index contributed by atoms with van der Waals surface area (Å²) in [6, 6.07) is 9.73. The largest absolute Gasteiger partial charge is 0.346 e. The van der Waals surface area contributed by atoms with E-state index in [1.165, 1.54) is 6.42 Å². The van der Waals surface area contributed by atoms with Crippen LogP contribution in [0.2, 0.25) is 0 Å². The van der Waals surface area contributed by atoms with E-state index in [4.69, 9.17) is 0 Å². The highest BCUT2D eigenvalue weighted by molar-refractivity contribution is 6.43. The van der Waals surface area contributed by atoms with Crippen molar-refractivity contribution in [2.24, 2.45) is 5.92 Å². The van der Waals surface area contributed by atoms with Crippen LogP contribution >= 0.6 is 0 Å². The lowest BCUT2D eigenvalue weighted by Gasteiger charge is -2.27. The highest BCUT2D eigenvalue weighted by atomic mass is 16.2. The van der Waals surface area contributed by atoms with Gasteiger partial charge in [0.05, 0.1) is 22.6 Å². The molecule has 1 aliphatic carbocycles. The Bertz CT molecular complexity index is 780. The maximum atomic E-state index is 12.7. The van der Waals surface area contributed by atoms with Gasteiger partial charge in [0.25, 0.3) is 11.7 Å². The summed E-state index contributed by atoms with van der Waals surface area (Å²) < 4.78 is 1.72. The lowest BCUT2D eigenvalue weighted by atomic mass is 9.87. The SMILES string of the molecule is Cc1nn(-c2ccccc2)c(C)c1C(=O)C(=O)N[C@@H]1CCC[C@@H](C)C1. The van der Waals surface area contributed by atoms with Gasteiger partial charge in [-0.2, -0.15) is 5.10 Å². The van der Waals surface area contributed by atoms with Crippen molar-refractivity contribution >= 4 is 11.7 Å². The molecule has 2 aromatic rings. The Morgan fingerprint density at radius 3 is 2.56 bits per heavy atom. The second-order valence-electron chi connectivity index (χ2n) is 7.06. The average Bonchev–Trinajstić information content (AvgIpc) is 2.89. The zero-order chi connectivity index (χ0) is 18.0. The van der Waals surface area contributed by atoms with Gasteiger partial charge in [-0.3, -0.25) is 9.59 Å². The number of carbonyl (C=O) groups is 2. The molecule has 1 N–H and O–H groups in total. The van der Waals surface area contributed by atoms with Gasteiger partial charge < -0.3 is 5.32 Å². The standard InChI is InChI=1S/C20H25N3O2/c1-13-8-7-9-16(12-13)21-20(25)19(24)18-14(2)22-23(15(18)3)17-10-5-4-6-11-17/h4-6,10-11,13,16H,7-9,12H2,1-3H3,(H,21,25)/t13-,16-/m1/s1. The zero-order valence-corrected chi connectivity index (χ0v) is 15.1. The number of Topliss-reactive ketones (excluding diaryl/α,β-unsaturated/α-hetero) is 1. The highest BCUT2D eigenvalue weighted by Crippen LogP contribution is 2.24. The van der Waals surface area contributed by atoms with Crippen LogP contribution in [0.15, 0.2) is 30.3 Å². The fourth-order valence-corrected chi connectivity index (χ4v) is 3.72. The lowest BCUT2D eigenvalue weighted by molar-refractivity contribution is -0.117. The molecule has 5 heteroatoms. The number of nitrogens with zero attached hydrogens (tertiary/aromatic N) is 2. The maximum Gasteiger partial charge on any atom is 0.292 e. The molecule has 1 amide bonds. The van der Waals surface area contributed by atoms with Gasteiger partial charge in [-0.25, -0.2) is 4.68 Å². The molecule has 0 aliphatic heterocycles. The van der Waals surface area contributed by atoms with Gasteiger partial charge in [0.1, 0.15) is 0 Å². The number of aromatic nitrogens is 2. The Kier molecular flexibility index (Phi) is 5.02. The molecule has 0 bridgehead atoms. The van der Waals surface area contributed by atoms with Crippen molar-refractivity contribution in [2.45, 2.75) is 52.5 Å². The topological polar surface area (TPSA) is 64.0 Å². The Morgan fingerprint density at radius 1 is 1.16 bits per heavy atom. The van der Waals surface area contributed by atoms with Crippen molar-refractivity contribution in [2.75, 3.05) is 0 Å². The Hall–Kier alpha value is -2.43. The third-order valence-electron chi connectivity index (χ3n) is 5.00. The van der Waals surface area contributed by atoms with Crippen molar-refractivity contribution in [1.82, 2.24) is 15.1 Å². The predicted molar refractivity (Wildman–Crippen MR) is 96.9 cm³/mol. The van der Waals surface area contributed by atoms with Crippen LogP contribution in [0.3, 0.4) is 0 Å². The summed E-state index contributed by atoms with van der Waals surface area (Å²) >= 11 is 0. The van der Waals surface area contributed by atoms with Crippen molar-refractivity contribution in [3.63, 3.8) is 0 Å². The number of hydrogen-bond acceptors (Lipinski definition) is 3. The number of aryl methyl sites for hydroxylation is 1. The number of carbonyl (C=O) groups excluding carboxylic acids is 2. The molecule has 5 nitrogen and oxygen atoms in total. The third-order valence-corrected chi connectivity index (χ3v) is 5.00. The number of rotatable bonds is 4. The molecule has 0 spiro atoms. The van der Waals surface area contributed by atoms with Crippen molar-refractivity contribution in [3.8, 4) is 5.69 Å². The monoisotopic (exact) mass is 339 g/mol. The van der Waals surface area contributed by atoms with E-state index in [-0.39, 0.29) is 6.04 Å². The fourth-order valence-electron chi connectivity index (χ4n) is 3.72. The van der Waals surface area contributed by atoms with Crippen LogP contribution in [0, 0.1) is 19.8 Å². The summed E-state index contributed by atoms with van der Waals surface area (Å²) in [4.78, 5) is 25.2. The van der Waals surface area contributed by atoms with E-state index in [1.807, 2.05) is 37.3 Å². The van der Waals surface area contributed by atoms with E-state index < -0.39 is 11.7 Å². The number of nitrogens with one attached hydrogen (secondary N) is 1. The quantitative estimate of drug-likeness (QED) is 0.686. The van der Waals surface area contributed by atoms with Crippen molar-refractivity contribution < 1.29 is 9.59 Å². The van der Waals surface area contributed by atoms with Gasteiger partial charge in [0.15, 0.2) is 0 Å². The third kappa shape index (κ3) is 3.65. The van der Waals surface area contributed by atoms with E-state index in [0.29, 0.717) is 22.9 Å². The van der Waals surface area contributed by atoms with Gasteiger partial charge in [0.2, 0.25) is 0 Å². The van der Waals surface area contributed by atoms with Gasteiger partial charge in [-0.15, -0.1) is 0 Å². The molecule has 1 heterocycles. The van der Waals surface area contributed by atoms with Gasteiger partial charge >= 0.3 is 0 Å². The molecule has 2 atom stereocenters. The molecule has 1 aromatic heterocycles. The smallest absolute Gasteiger partial charge is 0.292 e. The normalized spacial score (nSPS) is 20.3. The number of para-hydroxylation sites is 1. The van der Waals surface area contributed by atoms with E-state index in [9.17, 15) is 9.59 Å². The maximum absolute atomic E-state index is 12.7. The summed E-state index contributed by atoms with van der Waals surface area (Å²) in [5, 5.41) is 7.38. The van der Waals surface area contributed by atoms with Crippen LogP contribution in [0.25, 0.3) is 5.69 Å². The molecule has 0 radical (unpaired) electrons. The van der Waals surface area contributed by atoms with E-state index in [0.717, 1.165) is 24.9 Å². The van der Waals surface area contributed by atoms with Crippen LogP contribution in [0.4, 0.5) is 0 Å². The number of hydrogen-bond donors (Lipinski definition) is 1. The zero-order valence-electron chi connectivity index (χ0n) is 15.1. The number of ketones is 1.